The number of ether oxygens (including phenoxy) is 2. The second-order valence-electron chi connectivity index (χ2n) is 3.70. The number of hydrogen-bond acceptors (Lipinski definition) is 3. The van der Waals surface area contributed by atoms with Gasteiger partial charge in [-0.1, -0.05) is 20.8 Å². The molecular weight excluding hydrogens is 180 g/mol. The highest BCUT2D eigenvalue weighted by Crippen LogP contribution is 2.55. The van der Waals surface area contributed by atoms with Gasteiger partial charge in [0.05, 0.1) is 6.61 Å². The predicted octanol–water partition coefficient (Wildman–Crippen LogP) is 2.29. The lowest BCUT2D eigenvalue weighted by molar-refractivity contribution is -0.149. The van der Waals surface area contributed by atoms with Crippen molar-refractivity contribution in [1.82, 2.24) is 0 Å². The smallest absolute Gasteiger partial charge is 0.341 e. The van der Waals surface area contributed by atoms with E-state index in [0.29, 0.717) is 13.0 Å². The molecule has 1 saturated heterocycles. The maximum atomic E-state index is 11.7. The zero-order valence-corrected chi connectivity index (χ0v) is 9.55. The summed E-state index contributed by atoms with van der Waals surface area (Å²) >= 11 is 0. The van der Waals surface area contributed by atoms with Crippen LogP contribution in [0.5, 0.6) is 0 Å². The lowest BCUT2D eigenvalue weighted by atomic mass is 9.86. The van der Waals surface area contributed by atoms with E-state index in [0.717, 1.165) is 12.8 Å². The Labute approximate surface area is 85.8 Å². The molecule has 1 aliphatic heterocycles. The van der Waals surface area contributed by atoms with Crippen molar-refractivity contribution in [1.29, 1.82) is 0 Å². The maximum absolute atomic E-state index is 11.7. The highest BCUT2D eigenvalue weighted by Gasteiger charge is 2.72. The Balaban J connectivity index is 2.77. The Hall–Kier alpha value is -0.570. The van der Waals surface area contributed by atoms with E-state index >= 15 is 0 Å². The molecule has 0 amide bonds. The molecule has 3 nitrogen and oxygen atoms in total. The van der Waals surface area contributed by atoms with Crippen molar-refractivity contribution in [3.05, 3.63) is 0 Å². The fourth-order valence-corrected chi connectivity index (χ4v) is 2.29. The average Bonchev–Trinajstić information content (AvgIpc) is 2.89. The zero-order valence-electron chi connectivity index (χ0n) is 9.55. The van der Waals surface area contributed by atoms with Crippen molar-refractivity contribution in [3.8, 4) is 0 Å². The molecule has 82 valence electrons. The monoisotopic (exact) mass is 200 g/mol. The molecule has 0 aromatic rings. The van der Waals surface area contributed by atoms with Crippen LogP contribution in [0.3, 0.4) is 0 Å². The first-order valence-corrected chi connectivity index (χ1v) is 5.49. The summed E-state index contributed by atoms with van der Waals surface area (Å²) in [5.41, 5.74) is -0.902. The third kappa shape index (κ3) is 1.34. The van der Waals surface area contributed by atoms with E-state index in [-0.39, 0.29) is 11.6 Å². The van der Waals surface area contributed by atoms with E-state index in [1.54, 1.807) is 0 Å². The van der Waals surface area contributed by atoms with Crippen LogP contribution in [0.1, 0.15) is 47.0 Å². The Morgan fingerprint density at radius 2 is 1.71 bits per heavy atom. The number of rotatable bonds is 5. The largest absolute Gasteiger partial charge is 0.464 e. The molecule has 0 aromatic carbocycles. The Morgan fingerprint density at radius 1 is 1.14 bits per heavy atom. The van der Waals surface area contributed by atoms with Crippen LogP contribution in [0.15, 0.2) is 0 Å². The van der Waals surface area contributed by atoms with Gasteiger partial charge in [0.15, 0.2) is 5.60 Å². The molecule has 0 spiro atoms. The van der Waals surface area contributed by atoms with E-state index in [2.05, 4.69) is 13.8 Å². The topological polar surface area (TPSA) is 38.8 Å². The van der Waals surface area contributed by atoms with Crippen LogP contribution in [0.2, 0.25) is 0 Å². The fourth-order valence-electron chi connectivity index (χ4n) is 2.29. The lowest BCUT2D eigenvalue weighted by Crippen LogP contribution is -2.34. The number of epoxide rings is 1. The lowest BCUT2D eigenvalue weighted by Gasteiger charge is -2.14. The number of carbonyl (C=O) groups is 1. The minimum atomic E-state index is -0.646. The summed E-state index contributed by atoms with van der Waals surface area (Å²) in [4.78, 5) is 11.7. The molecule has 0 bridgehead atoms. The SMILES string of the molecule is CCOC(=O)C1(CC)OC1(CC)CC. The van der Waals surface area contributed by atoms with Crippen LogP contribution in [0, 0.1) is 0 Å². The van der Waals surface area contributed by atoms with Crippen LogP contribution < -0.4 is 0 Å². The number of esters is 1. The molecule has 1 heterocycles. The third-order valence-corrected chi connectivity index (χ3v) is 3.31. The van der Waals surface area contributed by atoms with Gasteiger partial charge in [0.2, 0.25) is 0 Å². The van der Waals surface area contributed by atoms with Gasteiger partial charge in [-0.25, -0.2) is 4.79 Å². The fraction of sp³-hybridized carbons (Fsp3) is 0.909. The summed E-state index contributed by atoms with van der Waals surface area (Å²) in [6, 6.07) is 0. The van der Waals surface area contributed by atoms with E-state index in [1.807, 2.05) is 13.8 Å². The summed E-state index contributed by atoms with van der Waals surface area (Å²) in [7, 11) is 0. The van der Waals surface area contributed by atoms with E-state index in [9.17, 15) is 4.79 Å². The Bertz CT molecular complexity index is 221. The Morgan fingerprint density at radius 3 is 2.00 bits per heavy atom. The minimum Gasteiger partial charge on any atom is -0.464 e. The molecule has 0 aliphatic carbocycles. The van der Waals surface area contributed by atoms with Crippen LogP contribution in [-0.2, 0) is 14.3 Å². The first-order valence-electron chi connectivity index (χ1n) is 5.49. The average molecular weight is 200 g/mol. The third-order valence-electron chi connectivity index (χ3n) is 3.31. The van der Waals surface area contributed by atoms with Gasteiger partial charge in [0.25, 0.3) is 0 Å². The highest BCUT2D eigenvalue weighted by molar-refractivity contribution is 5.84. The minimum absolute atomic E-state index is 0.189. The molecular formula is C11H20O3. The van der Waals surface area contributed by atoms with E-state index in [1.165, 1.54) is 0 Å². The van der Waals surface area contributed by atoms with E-state index in [4.69, 9.17) is 9.47 Å². The van der Waals surface area contributed by atoms with Gasteiger partial charge in [-0.15, -0.1) is 0 Å². The molecule has 14 heavy (non-hydrogen) atoms. The van der Waals surface area contributed by atoms with Crippen molar-refractivity contribution in [3.63, 3.8) is 0 Å². The molecule has 1 fully saturated rings. The molecule has 0 saturated carbocycles. The Kier molecular flexibility index (Phi) is 3.20. The quantitative estimate of drug-likeness (QED) is 0.505. The van der Waals surface area contributed by atoms with Crippen molar-refractivity contribution < 1.29 is 14.3 Å². The summed E-state index contributed by atoms with van der Waals surface area (Å²) in [6.07, 6.45) is 2.44. The number of hydrogen-bond donors (Lipinski definition) is 0. The van der Waals surface area contributed by atoms with Gasteiger partial charge < -0.3 is 9.47 Å². The van der Waals surface area contributed by atoms with E-state index < -0.39 is 5.60 Å². The molecule has 0 aromatic heterocycles. The summed E-state index contributed by atoms with van der Waals surface area (Å²) < 4.78 is 10.7. The second-order valence-corrected chi connectivity index (χ2v) is 3.70. The van der Waals surface area contributed by atoms with Crippen molar-refractivity contribution in [2.75, 3.05) is 6.61 Å². The van der Waals surface area contributed by atoms with Crippen molar-refractivity contribution in [2.24, 2.45) is 0 Å². The summed E-state index contributed by atoms with van der Waals surface area (Å²) in [5, 5.41) is 0. The van der Waals surface area contributed by atoms with Gasteiger partial charge >= 0.3 is 5.97 Å². The summed E-state index contributed by atoms with van der Waals surface area (Å²) in [6.45, 7) is 8.33. The van der Waals surface area contributed by atoms with Gasteiger partial charge in [-0.3, -0.25) is 0 Å². The molecule has 1 unspecified atom stereocenters. The predicted molar refractivity (Wildman–Crippen MR) is 54.1 cm³/mol. The summed E-state index contributed by atoms with van der Waals surface area (Å²) in [5.74, 6) is -0.189. The molecule has 0 N–H and O–H groups in total. The van der Waals surface area contributed by atoms with Crippen LogP contribution in [0.25, 0.3) is 0 Å². The maximum Gasteiger partial charge on any atom is 0.341 e. The van der Waals surface area contributed by atoms with Crippen molar-refractivity contribution >= 4 is 5.97 Å². The van der Waals surface area contributed by atoms with Gasteiger partial charge in [-0.05, 0) is 26.2 Å². The first-order chi connectivity index (χ1) is 6.62. The van der Waals surface area contributed by atoms with Gasteiger partial charge in [0, 0.05) is 0 Å². The zero-order chi connectivity index (χ0) is 10.8. The molecule has 0 radical (unpaired) electrons. The molecule has 1 atom stereocenters. The molecule has 3 heteroatoms. The second kappa shape index (κ2) is 3.89. The molecule has 1 aliphatic rings. The normalized spacial score (nSPS) is 28.6. The van der Waals surface area contributed by atoms with Gasteiger partial charge in [-0.2, -0.15) is 0 Å². The molecule has 1 rings (SSSR count). The standard InChI is InChI=1S/C11H20O3/c1-5-10(6-2)11(7-3,14-10)9(12)13-8-4/h5-8H2,1-4H3. The van der Waals surface area contributed by atoms with Crippen LogP contribution in [-0.4, -0.2) is 23.8 Å². The van der Waals surface area contributed by atoms with Crippen molar-refractivity contribution in [2.45, 2.75) is 58.2 Å². The first kappa shape index (κ1) is 11.5. The van der Waals surface area contributed by atoms with Gasteiger partial charge in [0.1, 0.15) is 5.60 Å². The van der Waals surface area contributed by atoms with Crippen LogP contribution >= 0.6 is 0 Å². The van der Waals surface area contributed by atoms with Crippen LogP contribution in [0.4, 0.5) is 0 Å². The highest BCUT2D eigenvalue weighted by atomic mass is 16.7. The number of carbonyl (C=O) groups excluding carboxylic acids is 1.